The second kappa shape index (κ2) is 5.57. The summed E-state index contributed by atoms with van der Waals surface area (Å²) in [6, 6.07) is 3.17. The number of aromatic nitrogens is 1. The number of nitrogens with zero attached hydrogens (tertiary/aromatic N) is 1. The average molecular weight is 255 g/mol. The van der Waals surface area contributed by atoms with Crippen LogP contribution < -0.4 is 10.0 Å². The zero-order valence-electron chi connectivity index (χ0n) is 9.59. The number of nitrogens with one attached hydrogen (secondary N) is 2. The first-order chi connectivity index (χ1) is 8.18. The van der Waals surface area contributed by atoms with E-state index in [4.69, 9.17) is 0 Å². The molecule has 1 fully saturated rings. The molecule has 2 heterocycles. The lowest BCUT2D eigenvalue weighted by molar-refractivity contribution is 0.519. The molecule has 1 aromatic heterocycles. The van der Waals surface area contributed by atoms with Crippen molar-refractivity contribution < 1.29 is 8.42 Å². The molecule has 1 aliphatic rings. The van der Waals surface area contributed by atoms with Crippen LogP contribution in [0.1, 0.15) is 12.8 Å². The summed E-state index contributed by atoms with van der Waals surface area (Å²) in [5, 5.41) is 3.26. The molecular weight excluding hydrogens is 238 g/mol. The van der Waals surface area contributed by atoms with Crippen LogP contribution in [0.25, 0.3) is 0 Å². The number of hydrogen-bond donors (Lipinski definition) is 2. The maximum Gasteiger partial charge on any atom is 0.242 e. The summed E-state index contributed by atoms with van der Waals surface area (Å²) < 4.78 is 26.3. The molecule has 0 bridgehead atoms. The van der Waals surface area contributed by atoms with E-state index in [1.165, 1.54) is 6.20 Å². The van der Waals surface area contributed by atoms with Gasteiger partial charge in [-0.1, -0.05) is 0 Å². The smallest absolute Gasteiger partial charge is 0.242 e. The minimum atomic E-state index is -3.38. The fraction of sp³-hybridized carbons (Fsp3) is 0.545. The Labute approximate surface area is 102 Å². The van der Waals surface area contributed by atoms with Crippen molar-refractivity contribution in [3.63, 3.8) is 0 Å². The molecule has 0 radical (unpaired) electrons. The molecule has 1 atom stereocenters. The highest BCUT2D eigenvalue weighted by atomic mass is 32.2. The molecule has 2 N–H and O–H groups in total. The Bertz CT molecular complexity index is 441. The summed E-state index contributed by atoms with van der Waals surface area (Å²) in [6.07, 6.45) is 4.93. The number of sulfonamides is 1. The van der Waals surface area contributed by atoms with Gasteiger partial charge in [0.1, 0.15) is 4.90 Å². The molecular formula is C11H17N3O2S. The van der Waals surface area contributed by atoms with Crippen LogP contribution in [0, 0.1) is 5.92 Å². The fourth-order valence-corrected chi connectivity index (χ4v) is 2.96. The van der Waals surface area contributed by atoms with Gasteiger partial charge < -0.3 is 5.32 Å². The first-order valence-corrected chi connectivity index (χ1v) is 7.27. The molecule has 0 aromatic carbocycles. The summed E-state index contributed by atoms with van der Waals surface area (Å²) in [4.78, 5) is 4.03. The topological polar surface area (TPSA) is 71.1 Å². The van der Waals surface area contributed by atoms with Crippen LogP contribution in [0.2, 0.25) is 0 Å². The van der Waals surface area contributed by atoms with Crippen molar-refractivity contribution in [2.75, 3.05) is 19.6 Å². The second-order valence-corrected chi connectivity index (χ2v) is 6.00. The molecule has 1 aliphatic heterocycles. The van der Waals surface area contributed by atoms with Gasteiger partial charge in [-0.3, -0.25) is 4.98 Å². The van der Waals surface area contributed by atoms with E-state index in [2.05, 4.69) is 15.0 Å². The number of hydrogen-bond acceptors (Lipinski definition) is 4. The van der Waals surface area contributed by atoms with E-state index in [1.54, 1.807) is 18.3 Å². The van der Waals surface area contributed by atoms with Crippen molar-refractivity contribution in [1.29, 1.82) is 0 Å². The molecule has 94 valence electrons. The molecule has 2 rings (SSSR count). The summed E-state index contributed by atoms with van der Waals surface area (Å²) in [5.74, 6) is 0.589. The average Bonchev–Trinajstić information content (AvgIpc) is 2.83. The van der Waals surface area contributed by atoms with E-state index >= 15 is 0 Å². The molecule has 0 aliphatic carbocycles. The van der Waals surface area contributed by atoms with Gasteiger partial charge in [0.2, 0.25) is 10.0 Å². The minimum Gasteiger partial charge on any atom is -0.316 e. The normalized spacial score (nSPS) is 20.6. The third kappa shape index (κ3) is 3.49. The minimum absolute atomic E-state index is 0.226. The van der Waals surface area contributed by atoms with Crippen molar-refractivity contribution in [2.45, 2.75) is 17.7 Å². The van der Waals surface area contributed by atoms with Crippen molar-refractivity contribution in [3.05, 3.63) is 24.5 Å². The zero-order chi connectivity index (χ0) is 12.1. The molecule has 1 aromatic rings. The van der Waals surface area contributed by atoms with Gasteiger partial charge in [-0.05, 0) is 44.0 Å². The predicted molar refractivity (Wildman–Crippen MR) is 65.0 cm³/mol. The predicted octanol–water partition coefficient (Wildman–Crippen LogP) is 0.359. The Morgan fingerprint density at radius 1 is 1.53 bits per heavy atom. The van der Waals surface area contributed by atoms with Crippen LogP contribution in [0.4, 0.5) is 0 Å². The molecule has 0 spiro atoms. The van der Waals surface area contributed by atoms with Gasteiger partial charge in [-0.15, -0.1) is 0 Å². The Kier molecular flexibility index (Phi) is 4.09. The van der Waals surface area contributed by atoms with Crippen LogP contribution in [0.3, 0.4) is 0 Å². The highest BCUT2D eigenvalue weighted by molar-refractivity contribution is 7.89. The van der Waals surface area contributed by atoms with Gasteiger partial charge in [-0.25, -0.2) is 13.1 Å². The Hall–Kier alpha value is -0.980. The highest BCUT2D eigenvalue weighted by Gasteiger charge is 2.17. The zero-order valence-corrected chi connectivity index (χ0v) is 10.4. The van der Waals surface area contributed by atoms with Crippen LogP contribution in [-0.4, -0.2) is 33.0 Å². The van der Waals surface area contributed by atoms with Crippen molar-refractivity contribution in [2.24, 2.45) is 5.92 Å². The van der Waals surface area contributed by atoms with Gasteiger partial charge in [0.25, 0.3) is 0 Å². The van der Waals surface area contributed by atoms with Crippen LogP contribution in [-0.2, 0) is 10.0 Å². The summed E-state index contributed by atoms with van der Waals surface area (Å²) >= 11 is 0. The van der Waals surface area contributed by atoms with Gasteiger partial charge in [0.15, 0.2) is 0 Å². The monoisotopic (exact) mass is 255 g/mol. The highest BCUT2D eigenvalue weighted by Crippen LogP contribution is 2.12. The van der Waals surface area contributed by atoms with E-state index in [1.807, 2.05) is 0 Å². The van der Waals surface area contributed by atoms with E-state index in [-0.39, 0.29) is 4.90 Å². The molecule has 0 amide bonds. The molecule has 6 heteroatoms. The second-order valence-electron chi connectivity index (χ2n) is 4.23. The Balaban J connectivity index is 1.85. The third-order valence-corrected chi connectivity index (χ3v) is 4.40. The van der Waals surface area contributed by atoms with Crippen LogP contribution >= 0.6 is 0 Å². The molecule has 1 saturated heterocycles. The van der Waals surface area contributed by atoms with Gasteiger partial charge in [-0.2, -0.15) is 0 Å². The lowest BCUT2D eigenvalue weighted by atomic mass is 10.1. The maximum absolute atomic E-state index is 11.8. The van der Waals surface area contributed by atoms with Crippen LogP contribution in [0.15, 0.2) is 29.4 Å². The quantitative estimate of drug-likeness (QED) is 0.797. The third-order valence-electron chi connectivity index (χ3n) is 2.95. The summed E-state index contributed by atoms with van der Waals surface area (Å²) in [7, 11) is -3.38. The molecule has 17 heavy (non-hydrogen) atoms. The van der Waals surface area contributed by atoms with Crippen LogP contribution in [0.5, 0.6) is 0 Å². The number of rotatable bonds is 5. The number of pyridine rings is 1. The van der Waals surface area contributed by atoms with Gasteiger partial charge in [0.05, 0.1) is 0 Å². The SMILES string of the molecule is O=S(=O)(NCCC1CCNC1)c1cccnc1. The lowest BCUT2D eigenvalue weighted by Crippen LogP contribution is -2.26. The van der Waals surface area contributed by atoms with E-state index < -0.39 is 10.0 Å². The van der Waals surface area contributed by atoms with Crippen molar-refractivity contribution in [1.82, 2.24) is 15.0 Å². The van der Waals surface area contributed by atoms with E-state index in [0.717, 1.165) is 25.9 Å². The van der Waals surface area contributed by atoms with Gasteiger partial charge in [0, 0.05) is 18.9 Å². The Morgan fingerprint density at radius 2 is 2.41 bits per heavy atom. The fourth-order valence-electron chi connectivity index (χ4n) is 1.95. The summed E-state index contributed by atoms with van der Waals surface area (Å²) in [5.41, 5.74) is 0. The molecule has 0 saturated carbocycles. The first kappa shape index (κ1) is 12.5. The molecule has 1 unspecified atom stereocenters. The van der Waals surface area contributed by atoms with Gasteiger partial charge >= 0.3 is 0 Å². The van der Waals surface area contributed by atoms with Crippen molar-refractivity contribution in [3.8, 4) is 0 Å². The molecule has 5 nitrogen and oxygen atoms in total. The maximum atomic E-state index is 11.8. The largest absolute Gasteiger partial charge is 0.316 e. The summed E-state index contributed by atoms with van der Waals surface area (Å²) in [6.45, 7) is 2.53. The van der Waals surface area contributed by atoms with Crippen molar-refractivity contribution >= 4 is 10.0 Å². The van der Waals surface area contributed by atoms with E-state index in [0.29, 0.717) is 12.5 Å². The lowest BCUT2D eigenvalue weighted by Gasteiger charge is -2.09. The standard InChI is InChI=1S/C11H17N3O2S/c15-17(16,11-2-1-5-12-9-11)14-7-4-10-3-6-13-8-10/h1-2,5,9-10,13-14H,3-4,6-8H2. The van der Waals surface area contributed by atoms with E-state index in [9.17, 15) is 8.42 Å². The first-order valence-electron chi connectivity index (χ1n) is 5.79. The Morgan fingerprint density at radius 3 is 3.06 bits per heavy atom.